The van der Waals surface area contributed by atoms with Crippen molar-refractivity contribution in [3.63, 3.8) is 0 Å². The third-order valence-electron chi connectivity index (χ3n) is 1.85. The minimum Gasteiger partial charge on any atom is -0.469 e. The molecule has 4 N–H and O–H groups in total. The number of esters is 1. The van der Waals surface area contributed by atoms with E-state index in [1.807, 2.05) is 0 Å². The number of carbonyl (C=O) groups is 1. The monoisotopic (exact) mass is 225 g/mol. The summed E-state index contributed by atoms with van der Waals surface area (Å²) in [4.78, 5) is 19.0. The molecule has 0 bridgehead atoms. The lowest BCUT2D eigenvalue weighted by atomic mass is 10.4. The van der Waals surface area contributed by atoms with Crippen molar-refractivity contribution >= 4 is 17.6 Å². The molecule has 1 aromatic rings. The Labute approximate surface area is 93.4 Å². The highest BCUT2D eigenvalue weighted by Gasteiger charge is 2.02. The first-order valence-corrected chi connectivity index (χ1v) is 4.78. The number of methoxy groups -OCH3 is 1. The molecule has 0 aliphatic rings. The van der Waals surface area contributed by atoms with E-state index in [1.54, 1.807) is 13.0 Å². The molecule has 1 aromatic heterocycles. The van der Waals surface area contributed by atoms with Gasteiger partial charge in [-0.3, -0.25) is 4.79 Å². The van der Waals surface area contributed by atoms with Gasteiger partial charge in [0.1, 0.15) is 17.5 Å². The van der Waals surface area contributed by atoms with Crippen LogP contribution in [0.3, 0.4) is 0 Å². The van der Waals surface area contributed by atoms with Gasteiger partial charge in [0.2, 0.25) is 0 Å². The third kappa shape index (κ3) is 3.70. The van der Waals surface area contributed by atoms with Crippen LogP contribution in [0.25, 0.3) is 0 Å². The van der Waals surface area contributed by atoms with Gasteiger partial charge in [0, 0.05) is 12.6 Å². The Morgan fingerprint density at radius 2 is 2.19 bits per heavy atom. The zero-order valence-electron chi connectivity index (χ0n) is 9.28. The second-order valence-corrected chi connectivity index (χ2v) is 3.08. The summed E-state index contributed by atoms with van der Waals surface area (Å²) in [6.45, 7) is 2.21. The van der Waals surface area contributed by atoms with E-state index in [-0.39, 0.29) is 12.4 Å². The molecule has 0 saturated heterocycles. The smallest absolute Gasteiger partial charge is 0.307 e. The van der Waals surface area contributed by atoms with Crippen LogP contribution in [0.5, 0.6) is 0 Å². The molecule has 7 nitrogen and oxygen atoms in total. The first kappa shape index (κ1) is 12.2. The van der Waals surface area contributed by atoms with Gasteiger partial charge in [-0.1, -0.05) is 0 Å². The number of nitrogen functional groups attached to an aromatic ring is 1. The summed E-state index contributed by atoms with van der Waals surface area (Å²) in [5.41, 5.74) is 2.44. The molecule has 0 saturated carbocycles. The maximum atomic E-state index is 10.9. The molecule has 1 rings (SSSR count). The number of carbonyl (C=O) groups excluding carboxylic acids is 1. The van der Waals surface area contributed by atoms with Gasteiger partial charge in [-0.2, -0.15) is 0 Å². The highest BCUT2D eigenvalue weighted by Crippen LogP contribution is 2.09. The number of anilines is 2. The number of hydrogen-bond acceptors (Lipinski definition) is 7. The van der Waals surface area contributed by atoms with Gasteiger partial charge in [0.25, 0.3) is 0 Å². The molecule has 7 heteroatoms. The van der Waals surface area contributed by atoms with Crippen LogP contribution in [0.4, 0.5) is 11.6 Å². The molecule has 0 radical (unpaired) electrons. The Kier molecular flexibility index (Phi) is 4.46. The first-order chi connectivity index (χ1) is 7.65. The SMILES string of the molecule is COC(=O)CCNc1cc(NN)nc(C)n1. The average Bonchev–Trinajstić information content (AvgIpc) is 2.28. The second kappa shape index (κ2) is 5.86. The maximum Gasteiger partial charge on any atom is 0.307 e. The lowest BCUT2D eigenvalue weighted by molar-refractivity contribution is -0.140. The van der Waals surface area contributed by atoms with Gasteiger partial charge < -0.3 is 15.5 Å². The van der Waals surface area contributed by atoms with Crippen molar-refractivity contribution in [2.75, 3.05) is 24.4 Å². The Morgan fingerprint density at radius 1 is 1.50 bits per heavy atom. The Morgan fingerprint density at radius 3 is 2.81 bits per heavy atom. The predicted molar refractivity (Wildman–Crippen MR) is 59.7 cm³/mol. The fourth-order valence-electron chi connectivity index (χ4n) is 1.13. The van der Waals surface area contributed by atoms with Crippen molar-refractivity contribution < 1.29 is 9.53 Å². The topological polar surface area (TPSA) is 102 Å². The van der Waals surface area contributed by atoms with Gasteiger partial charge in [-0.25, -0.2) is 15.8 Å². The Bertz CT molecular complexity index is 369. The van der Waals surface area contributed by atoms with E-state index in [4.69, 9.17) is 5.84 Å². The molecular formula is C9H15N5O2. The van der Waals surface area contributed by atoms with E-state index in [9.17, 15) is 4.79 Å². The summed E-state index contributed by atoms with van der Waals surface area (Å²) in [7, 11) is 1.35. The first-order valence-electron chi connectivity index (χ1n) is 4.78. The molecule has 1 heterocycles. The van der Waals surface area contributed by atoms with E-state index in [1.165, 1.54) is 7.11 Å². The highest BCUT2D eigenvalue weighted by molar-refractivity contribution is 5.69. The molecule has 0 amide bonds. The fourth-order valence-corrected chi connectivity index (χ4v) is 1.13. The van der Waals surface area contributed by atoms with E-state index in [0.717, 1.165) is 0 Å². The lowest BCUT2D eigenvalue weighted by Crippen LogP contribution is -2.13. The minimum absolute atomic E-state index is 0.268. The summed E-state index contributed by atoms with van der Waals surface area (Å²) in [6, 6.07) is 1.66. The zero-order valence-corrected chi connectivity index (χ0v) is 9.28. The van der Waals surface area contributed by atoms with Crippen molar-refractivity contribution in [2.45, 2.75) is 13.3 Å². The van der Waals surface area contributed by atoms with Crippen LogP contribution in [-0.2, 0) is 9.53 Å². The van der Waals surface area contributed by atoms with Crippen LogP contribution in [0, 0.1) is 6.92 Å². The van der Waals surface area contributed by atoms with Crippen molar-refractivity contribution in [3.05, 3.63) is 11.9 Å². The van der Waals surface area contributed by atoms with E-state index in [0.29, 0.717) is 24.0 Å². The minimum atomic E-state index is -0.268. The van der Waals surface area contributed by atoms with Crippen LogP contribution < -0.4 is 16.6 Å². The molecule has 16 heavy (non-hydrogen) atoms. The molecule has 88 valence electrons. The third-order valence-corrected chi connectivity index (χ3v) is 1.85. The molecule has 0 aliphatic carbocycles. The van der Waals surface area contributed by atoms with Crippen LogP contribution >= 0.6 is 0 Å². The molecule has 0 aromatic carbocycles. The lowest BCUT2D eigenvalue weighted by Gasteiger charge is -2.07. The number of nitrogens with two attached hydrogens (primary N) is 1. The number of ether oxygens (including phenoxy) is 1. The average molecular weight is 225 g/mol. The number of hydrogen-bond donors (Lipinski definition) is 3. The van der Waals surface area contributed by atoms with Crippen LogP contribution in [0.1, 0.15) is 12.2 Å². The quantitative estimate of drug-likeness (QED) is 0.369. The maximum absolute atomic E-state index is 10.9. The molecule has 0 spiro atoms. The second-order valence-electron chi connectivity index (χ2n) is 3.08. The Hall–Kier alpha value is -1.89. The summed E-state index contributed by atoms with van der Waals surface area (Å²) in [5, 5.41) is 2.98. The van der Waals surface area contributed by atoms with Gasteiger partial charge in [0.15, 0.2) is 0 Å². The number of nitrogens with one attached hydrogen (secondary N) is 2. The van der Waals surface area contributed by atoms with Crippen molar-refractivity contribution in [1.82, 2.24) is 9.97 Å². The predicted octanol–water partition coefficient (Wildman–Crippen LogP) is 0.0456. The van der Waals surface area contributed by atoms with Crippen molar-refractivity contribution in [1.29, 1.82) is 0 Å². The van der Waals surface area contributed by atoms with Gasteiger partial charge >= 0.3 is 5.97 Å². The number of rotatable bonds is 5. The largest absolute Gasteiger partial charge is 0.469 e. The van der Waals surface area contributed by atoms with Gasteiger partial charge in [-0.05, 0) is 6.92 Å². The highest BCUT2D eigenvalue weighted by atomic mass is 16.5. The van der Waals surface area contributed by atoms with Crippen molar-refractivity contribution in [2.24, 2.45) is 5.84 Å². The molecule has 0 aliphatic heterocycles. The number of hydrazine groups is 1. The number of aryl methyl sites for hydroxylation is 1. The molecular weight excluding hydrogens is 210 g/mol. The number of nitrogens with zero attached hydrogens (tertiary/aromatic N) is 2. The normalized spacial score (nSPS) is 9.69. The van der Waals surface area contributed by atoms with Crippen molar-refractivity contribution in [3.8, 4) is 0 Å². The Balaban J connectivity index is 2.53. The summed E-state index contributed by atoms with van der Waals surface area (Å²) < 4.78 is 4.51. The molecule has 0 atom stereocenters. The van der Waals surface area contributed by atoms with E-state index < -0.39 is 0 Å². The summed E-state index contributed by atoms with van der Waals surface area (Å²) in [6.07, 6.45) is 0.283. The van der Waals surface area contributed by atoms with Gasteiger partial charge in [-0.15, -0.1) is 0 Å². The van der Waals surface area contributed by atoms with Crippen LogP contribution in [0.15, 0.2) is 6.07 Å². The zero-order chi connectivity index (χ0) is 12.0. The summed E-state index contributed by atoms with van der Waals surface area (Å²) >= 11 is 0. The fraction of sp³-hybridized carbons (Fsp3) is 0.444. The van der Waals surface area contributed by atoms with E-state index in [2.05, 4.69) is 25.4 Å². The molecule has 0 unspecified atom stereocenters. The summed E-state index contributed by atoms with van der Waals surface area (Å²) in [5.74, 6) is 6.71. The van der Waals surface area contributed by atoms with Gasteiger partial charge in [0.05, 0.1) is 13.5 Å². The number of aromatic nitrogens is 2. The van der Waals surface area contributed by atoms with E-state index >= 15 is 0 Å². The standard InChI is InChI=1S/C9H15N5O2/c1-6-12-7(5-8(13-6)14-10)11-4-3-9(15)16-2/h5H,3-4,10H2,1-2H3,(H2,11,12,13,14). The van der Waals surface area contributed by atoms with Crippen LogP contribution in [-0.4, -0.2) is 29.6 Å². The molecule has 0 fully saturated rings. The van der Waals surface area contributed by atoms with Crippen LogP contribution in [0.2, 0.25) is 0 Å².